The molecular formula is C7H16N2O2. The van der Waals surface area contributed by atoms with Gasteiger partial charge in [-0.2, -0.15) is 0 Å². The molecule has 0 heterocycles. The monoisotopic (exact) mass is 160 g/mol. The third-order valence-electron chi connectivity index (χ3n) is 1.24. The molecule has 0 atom stereocenters. The summed E-state index contributed by atoms with van der Waals surface area (Å²) in [5, 5.41) is 2.76. The van der Waals surface area contributed by atoms with Crippen molar-refractivity contribution in [1.82, 2.24) is 5.32 Å². The third-order valence-corrected chi connectivity index (χ3v) is 1.24. The first kappa shape index (κ1) is 10.4. The maximum absolute atomic E-state index is 10.9. The smallest absolute Gasteiger partial charge is 0.220 e. The van der Waals surface area contributed by atoms with Crippen LogP contribution in [0.4, 0.5) is 0 Å². The molecule has 0 saturated carbocycles. The highest BCUT2D eigenvalue weighted by Gasteiger charge is 1.97. The molecule has 0 spiro atoms. The van der Waals surface area contributed by atoms with Gasteiger partial charge in [0.2, 0.25) is 5.91 Å². The zero-order valence-electron chi connectivity index (χ0n) is 6.93. The highest BCUT2D eigenvalue weighted by molar-refractivity contribution is 5.75. The van der Waals surface area contributed by atoms with Crippen molar-refractivity contribution in [3.8, 4) is 0 Å². The molecule has 0 rings (SSSR count). The van der Waals surface area contributed by atoms with Crippen molar-refractivity contribution >= 4 is 5.91 Å². The summed E-state index contributed by atoms with van der Waals surface area (Å²) in [4.78, 5) is 15.2. The van der Waals surface area contributed by atoms with Gasteiger partial charge in [0.15, 0.2) is 0 Å². The Hall–Kier alpha value is -0.610. The predicted molar refractivity (Wildman–Crippen MR) is 42.7 cm³/mol. The molecule has 66 valence electrons. The van der Waals surface area contributed by atoms with Crippen LogP contribution >= 0.6 is 0 Å². The molecule has 0 aliphatic rings. The molecule has 0 bridgehead atoms. The number of amides is 1. The number of nitrogens with one attached hydrogen (secondary N) is 1. The minimum absolute atomic E-state index is 0.0731. The van der Waals surface area contributed by atoms with Crippen molar-refractivity contribution < 1.29 is 9.63 Å². The second-order valence-corrected chi connectivity index (χ2v) is 2.32. The Morgan fingerprint density at radius 1 is 1.64 bits per heavy atom. The number of hydrogen-bond donors (Lipinski definition) is 2. The van der Waals surface area contributed by atoms with E-state index in [4.69, 9.17) is 5.90 Å². The molecule has 4 heteroatoms. The molecule has 11 heavy (non-hydrogen) atoms. The molecule has 0 saturated heterocycles. The summed E-state index contributed by atoms with van der Waals surface area (Å²) in [6.45, 7) is 3.21. The normalized spacial score (nSPS) is 9.64. The SMILES string of the molecule is CCCNC(=O)CCCON. The van der Waals surface area contributed by atoms with E-state index in [1.54, 1.807) is 0 Å². The molecule has 0 aromatic heterocycles. The van der Waals surface area contributed by atoms with Crippen molar-refractivity contribution in [3.63, 3.8) is 0 Å². The van der Waals surface area contributed by atoms with E-state index in [1.165, 1.54) is 0 Å². The average molecular weight is 160 g/mol. The Bertz CT molecular complexity index is 107. The summed E-state index contributed by atoms with van der Waals surface area (Å²) >= 11 is 0. The summed E-state index contributed by atoms with van der Waals surface area (Å²) in [5.41, 5.74) is 0. The van der Waals surface area contributed by atoms with E-state index in [1.807, 2.05) is 6.92 Å². The first-order chi connectivity index (χ1) is 5.31. The molecule has 0 aliphatic carbocycles. The van der Waals surface area contributed by atoms with Gasteiger partial charge in [0, 0.05) is 13.0 Å². The first-order valence-corrected chi connectivity index (χ1v) is 3.89. The van der Waals surface area contributed by atoms with Gasteiger partial charge in [-0.25, -0.2) is 5.90 Å². The van der Waals surface area contributed by atoms with Gasteiger partial charge in [0.1, 0.15) is 0 Å². The fraction of sp³-hybridized carbons (Fsp3) is 0.857. The van der Waals surface area contributed by atoms with Gasteiger partial charge in [0.25, 0.3) is 0 Å². The van der Waals surface area contributed by atoms with Crippen LogP contribution in [-0.4, -0.2) is 19.1 Å². The number of carbonyl (C=O) groups is 1. The molecule has 3 N–H and O–H groups in total. The van der Waals surface area contributed by atoms with Gasteiger partial charge in [-0.3, -0.25) is 4.79 Å². The van der Waals surface area contributed by atoms with Crippen molar-refractivity contribution in [2.75, 3.05) is 13.2 Å². The number of rotatable bonds is 6. The first-order valence-electron chi connectivity index (χ1n) is 3.89. The van der Waals surface area contributed by atoms with Gasteiger partial charge < -0.3 is 10.2 Å². The van der Waals surface area contributed by atoms with Crippen molar-refractivity contribution in [2.24, 2.45) is 5.90 Å². The van der Waals surface area contributed by atoms with Crippen LogP contribution in [0.1, 0.15) is 26.2 Å². The zero-order valence-corrected chi connectivity index (χ0v) is 6.93. The van der Waals surface area contributed by atoms with Crippen LogP contribution in [0.5, 0.6) is 0 Å². The van der Waals surface area contributed by atoms with E-state index in [2.05, 4.69) is 10.2 Å². The average Bonchev–Trinajstić information content (AvgIpc) is 2.01. The molecular weight excluding hydrogens is 144 g/mol. The lowest BCUT2D eigenvalue weighted by Crippen LogP contribution is -2.24. The summed E-state index contributed by atoms with van der Waals surface area (Å²) in [7, 11) is 0. The van der Waals surface area contributed by atoms with E-state index in [0.717, 1.165) is 13.0 Å². The Balaban J connectivity index is 3.09. The fourth-order valence-electron chi connectivity index (χ4n) is 0.669. The van der Waals surface area contributed by atoms with Gasteiger partial charge in [0.05, 0.1) is 6.61 Å². The topological polar surface area (TPSA) is 64.3 Å². The lowest BCUT2D eigenvalue weighted by atomic mass is 10.3. The molecule has 0 unspecified atom stereocenters. The second kappa shape index (κ2) is 7.50. The van der Waals surface area contributed by atoms with E-state index < -0.39 is 0 Å². The maximum Gasteiger partial charge on any atom is 0.220 e. The fourth-order valence-corrected chi connectivity index (χ4v) is 0.669. The lowest BCUT2D eigenvalue weighted by Gasteiger charge is -2.01. The molecule has 0 aliphatic heterocycles. The number of hydrogen-bond acceptors (Lipinski definition) is 3. The minimum atomic E-state index is 0.0731. The molecule has 1 amide bonds. The van der Waals surface area contributed by atoms with Crippen molar-refractivity contribution in [2.45, 2.75) is 26.2 Å². The maximum atomic E-state index is 10.9. The number of nitrogens with two attached hydrogens (primary N) is 1. The van der Waals surface area contributed by atoms with Crippen LogP contribution in [0.15, 0.2) is 0 Å². The van der Waals surface area contributed by atoms with E-state index in [9.17, 15) is 4.79 Å². The van der Waals surface area contributed by atoms with Gasteiger partial charge >= 0.3 is 0 Å². The van der Waals surface area contributed by atoms with Crippen LogP contribution in [0.25, 0.3) is 0 Å². The van der Waals surface area contributed by atoms with Crippen LogP contribution < -0.4 is 11.2 Å². The summed E-state index contributed by atoms with van der Waals surface area (Å²) < 4.78 is 0. The van der Waals surface area contributed by atoms with Crippen molar-refractivity contribution in [1.29, 1.82) is 0 Å². The largest absolute Gasteiger partial charge is 0.356 e. The second-order valence-electron chi connectivity index (χ2n) is 2.32. The van der Waals surface area contributed by atoms with Gasteiger partial charge in [-0.1, -0.05) is 6.92 Å². The lowest BCUT2D eigenvalue weighted by molar-refractivity contribution is -0.121. The Morgan fingerprint density at radius 2 is 2.36 bits per heavy atom. The highest BCUT2D eigenvalue weighted by Crippen LogP contribution is 1.87. The Morgan fingerprint density at radius 3 is 2.91 bits per heavy atom. The molecule has 0 radical (unpaired) electrons. The van der Waals surface area contributed by atoms with Gasteiger partial charge in [-0.15, -0.1) is 0 Å². The predicted octanol–water partition coefficient (Wildman–Crippen LogP) is 0.183. The summed E-state index contributed by atoms with van der Waals surface area (Å²) in [6, 6.07) is 0. The Kier molecular flexibility index (Phi) is 7.08. The van der Waals surface area contributed by atoms with Crippen LogP contribution in [-0.2, 0) is 9.63 Å². The summed E-state index contributed by atoms with van der Waals surface area (Å²) in [6.07, 6.45) is 2.16. The quantitative estimate of drug-likeness (QED) is 0.430. The van der Waals surface area contributed by atoms with E-state index in [0.29, 0.717) is 19.4 Å². The summed E-state index contributed by atoms with van der Waals surface area (Å²) in [5.74, 6) is 4.86. The molecule has 4 nitrogen and oxygen atoms in total. The minimum Gasteiger partial charge on any atom is -0.356 e. The highest BCUT2D eigenvalue weighted by atomic mass is 16.6. The van der Waals surface area contributed by atoms with Crippen LogP contribution in [0.3, 0.4) is 0 Å². The molecule has 0 aromatic rings. The standard InChI is InChI=1S/C7H16N2O2/c1-2-5-9-7(10)4-3-6-11-8/h2-6,8H2,1H3,(H,9,10). The van der Waals surface area contributed by atoms with E-state index in [-0.39, 0.29) is 5.91 Å². The van der Waals surface area contributed by atoms with Crippen LogP contribution in [0.2, 0.25) is 0 Å². The molecule has 0 fully saturated rings. The zero-order chi connectivity index (χ0) is 8.53. The van der Waals surface area contributed by atoms with E-state index >= 15 is 0 Å². The third kappa shape index (κ3) is 7.29. The Labute approximate surface area is 67.0 Å². The van der Waals surface area contributed by atoms with Crippen LogP contribution in [0, 0.1) is 0 Å². The van der Waals surface area contributed by atoms with Gasteiger partial charge in [-0.05, 0) is 12.8 Å². The molecule has 0 aromatic carbocycles. The number of carbonyl (C=O) groups excluding carboxylic acids is 1. The van der Waals surface area contributed by atoms with Crippen molar-refractivity contribution in [3.05, 3.63) is 0 Å².